The van der Waals surface area contributed by atoms with Gasteiger partial charge in [-0.1, -0.05) is 17.8 Å². The van der Waals surface area contributed by atoms with Gasteiger partial charge in [-0.3, -0.25) is 4.79 Å². The molecule has 6 heteroatoms. The number of Topliss-reactive ketones (excluding diaryl/α,β-unsaturated/α-hetero) is 1. The van der Waals surface area contributed by atoms with Crippen LogP contribution in [0.2, 0.25) is 0 Å². The van der Waals surface area contributed by atoms with E-state index in [0.29, 0.717) is 16.9 Å². The highest BCUT2D eigenvalue weighted by Gasteiger charge is 2.13. The molecule has 0 amide bonds. The Balaban J connectivity index is 1.67. The van der Waals surface area contributed by atoms with Crippen molar-refractivity contribution >= 4 is 28.9 Å². The van der Waals surface area contributed by atoms with Crippen molar-refractivity contribution in [2.45, 2.75) is 26.0 Å². The van der Waals surface area contributed by atoms with Crippen LogP contribution in [-0.2, 0) is 0 Å². The molecule has 2 heterocycles. The van der Waals surface area contributed by atoms with Crippen LogP contribution in [0.4, 0.5) is 0 Å². The van der Waals surface area contributed by atoms with Gasteiger partial charge in [-0.15, -0.1) is 21.5 Å². The van der Waals surface area contributed by atoms with Crippen LogP contribution in [-0.4, -0.2) is 21.7 Å². The SMILES string of the molecule is Cc1ccc(C(=O)CSc2nnc(-c3ccc(C)c(C)c3)o2)s1. The maximum Gasteiger partial charge on any atom is 0.277 e. The smallest absolute Gasteiger partial charge is 0.277 e. The number of aryl methyl sites for hydroxylation is 3. The lowest BCUT2D eigenvalue weighted by molar-refractivity contribution is 0.102. The van der Waals surface area contributed by atoms with E-state index in [9.17, 15) is 4.79 Å². The summed E-state index contributed by atoms with van der Waals surface area (Å²) in [5, 5.41) is 8.50. The quantitative estimate of drug-likeness (QED) is 0.496. The van der Waals surface area contributed by atoms with Crippen LogP contribution in [0.15, 0.2) is 40.0 Å². The van der Waals surface area contributed by atoms with E-state index < -0.39 is 0 Å². The Morgan fingerprint density at radius 1 is 1.13 bits per heavy atom. The van der Waals surface area contributed by atoms with Gasteiger partial charge in [0.1, 0.15) is 0 Å². The first-order valence-electron chi connectivity index (χ1n) is 7.16. The van der Waals surface area contributed by atoms with Crippen molar-refractivity contribution in [2.24, 2.45) is 0 Å². The number of thiophene rings is 1. The van der Waals surface area contributed by atoms with Gasteiger partial charge in [0.15, 0.2) is 5.78 Å². The second-order valence-electron chi connectivity index (χ2n) is 5.29. The third-order valence-electron chi connectivity index (χ3n) is 3.50. The number of hydrogen-bond donors (Lipinski definition) is 0. The highest BCUT2D eigenvalue weighted by atomic mass is 32.2. The Hall–Kier alpha value is -1.92. The number of carbonyl (C=O) groups excluding carboxylic acids is 1. The molecule has 2 aromatic heterocycles. The summed E-state index contributed by atoms with van der Waals surface area (Å²) in [6.07, 6.45) is 0. The standard InChI is InChI=1S/C17H16N2O2S2/c1-10-4-6-13(8-11(10)2)16-18-19-17(21-16)22-9-14(20)15-7-5-12(3)23-15/h4-8H,9H2,1-3H3. The van der Waals surface area contributed by atoms with E-state index in [1.807, 2.05) is 44.2 Å². The topological polar surface area (TPSA) is 56.0 Å². The van der Waals surface area contributed by atoms with Gasteiger partial charge in [0.2, 0.25) is 5.89 Å². The molecule has 3 rings (SSSR count). The molecule has 3 aromatic rings. The first kappa shape index (κ1) is 16.0. The van der Waals surface area contributed by atoms with Gasteiger partial charge in [-0.05, 0) is 56.2 Å². The molecule has 0 saturated heterocycles. The van der Waals surface area contributed by atoms with Crippen LogP contribution in [0.5, 0.6) is 0 Å². The van der Waals surface area contributed by atoms with Crippen molar-refractivity contribution in [1.82, 2.24) is 10.2 Å². The molecule has 0 fully saturated rings. The zero-order chi connectivity index (χ0) is 16.4. The molecule has 4 nitrogen and oxygen atoms in total. The molecule has 0 aliphatic carbocycles. The predicted molar refractivity (Wildman–Crippen MR) is 93.3 cm³/mol. The summed E-state index contributed by atoms with van der Waals surface area (Å²) in [6.45, 7) is 6.10. The van der Waals surface area contributed by atoms with Crippen molar-refractivity contribution in [3.8, 4) is 11.5 Å². The molecule has 0 spiro atoms. The lowest BCUT2D eigenvalue weighted by Gasteiger charge is -2.00. The molecule has 0 N–H and O–H groups in total. The third-order valence-corrected chi connectivity index (χ3v) is 5.36. The van der Waals surface area contributed by atoms with Crippen LogP contribution in [0.1, 0.15) is 25.7 Å². The van der Waals surface area contributed by atoms with Crippen LogP contribution >= 0.6 is 23.1 Å². The molecule has 0 aliphatic rings. The minimum absolute atomic E-state index is 0.0824. The minimum atomic E-state index is 0.0824. The Morgan fingerprint density at radius 3 is 2.65 bits per heavy atom. The summed E-state index contributed by atoms with van der Waals surface area (Å²) in [6, 6.07) is 9.83. The van der Waals surface area contributed by atoms with Gasteiger partial charge in [0.25, 0.3) is 5.22 Å². The van der Waals surface area contributed by atoms with Crippen LogP contribution in [0.25, 0.3) is 11.5 Å². The number of nitrogens with zero attached hydrogens (tertiary/aromatic N) is 2. The van der Waals surface area contributed by atoms with Crippen molar-refractivity contribution in [3.05, 3.63) is 51.2 Å². The molecule has 0 unspecified atom stereocenters. The Kier molecular flexibility index (Phi) is 4.63. The molecule has 0 radical (unpaired) electrons. The van der Waals surface area contributed by atoms with Crippen molar-refractivity contribution in [2.75, 3.05) is 5.75 Å². The van der Waals surface area contributed by atoms with Gasteiger partial charge in [0.05, 0.1) is 10.6 Å². The third kappa shape index (κ3) is 3.71. The molecule has 0 bridgehead atoms. The molecule has 0 atom stereocenters. The fraction of sp³-hybridized carbons (Fsp3) is 0.235. The summed E-state index contributed by atoms with van der Waals surface area (Å²) in [4.78, 5) is 14.0. The first-order valence-corrected chi connectivity index (χ1v) is 8.96. The minimum Gasteiger partial charge on any atom is -0.411 e. The number of ketones is 1. The van der Waals surface area contributed by atoms with Crippen molar-refractivity contribution in [3.63, 3.8) is 0 Å². The van der Waals surface area contributed by atoms with E-state index in [0.717, 1.165) is 15.3 Å². The highest BCUT2D eigenvalue weighted by molar-refractivity contribution is 7.99. The molecule has 0 aliphatic heterocycles. The monoisotopic (exact) mass is 344 g/mol. The summed E-state index contributed by atoms with van der Waals surface area (Å²) in [5.41, 5.74) is 3.30. The van der Waals surface area contributed by atoms with Crippen LogP contribution in [0, 0.1) is 20.8 Å². The largest absolute Gasteiger partial charge is 0.411 e. The number of benzene rings is 1. The van der Waals surface area contributed by atoms with Crippen LogP contribution in [0.3, 0.4) is 0 Å². The van der Waals surface area contributed by atoms with Crippen molar-refractivity contribution < 1.29 is 9.21 Å². The van der Waals surface area contributed by atoms with Crippen LogP contribution < -0.4 is 0 Å². The maximum absolute atomic E-state index is 12.1. The van der Waals surface area contributed by atoms with Crippen molar-refractivity contribution in [1.29, 1.82) is 0 Å². The maximum atomic E-state index is 12.1. The summed E-state index contributed by atoms with van der Waals surface area (Å²) in [7, 11) is 0. The van der Waals surface area contributed by atoms with Gasteiger partial charge in [-0.25, -0.2) is 0 Å². The molecular formula is C17H16N2O2S2. The normalized spacial score (nSPS) is 10.9. The predicted octanol–water partition coefficient (Wildman–Crippen LogP) is 4.70. The zero-order valence-electron chi connectivity index (χ0n) is 13.1. The zero-order valence-corrected chi connectivity index (χ0v) is 14.8. The van der Waals surface area contributed by atoms with E-state index in [2.05, 4.69) is 17.1 Å². The van der Waals surface area contributed by atoms with E-state index >= 15 is 0 Å². The number of hydrogen-bond acceptors (Lipinski definition) is 6. The molecular weight excluding hydrogens is 328 g/mol. The van der Waals surface area contributed by atoms with E-state index in [1.54, 1.807) is 0 Å². The van der Waals surface area contributed by atoms with E-state index in [-0.39, 0.29) is 5.78 Å². The highest BCUT2D eigenvalue weighted by Crippen LogP contribution is 2.26. The fourth-order valence-corrected chi connectivity index (χ4v) is 3.58. The molecule has 0 saturated carbocycles. The van der Waals surface area contributed by atoms with Gasteiger partial charge in [-0.2, -0.15) is 0 Å². The van der Waals surface area contributed by atoms with Gasteiger partial charge in [0, 0.05) is 10.4 Å². The molecule has 118 valence electrons. The molecule has 23 heavy (non-hydrogen) atoms. The number of rotatable bonds is 5. The molecule has 1 aromatic carbocycles. The summed E-state index contributed by atoms with van der Waals surface area (Å²) in [5.74, 6) is 0.864. The average molecular weight is 344 g/mol. The second kappa shape index (κ2) is 6.68. The first-order chi connectivity index (χ1) is 11.0. The van der Waals surface area contributed by atoms with E-state index in [1.165, 1.54) is 34.2 Å². The number of aromatic nitrogens is 2. The van der Waals surface area contributed by atoms with E-state index in [4.69, 9.17) is 4.42 Å². The lowest BCUT2D eigenvalue weighted by Crippen LogP contribution is -1.99. The lowest BCUT2D eigenvalue weighted by atomic mass is 10.1. The van der Waals surface area contributed by atoms with Gasteiger partial charge < -0.3 is 4.42 Å². The summed E-state index contributed by atoms with van der Waals surface area (Å²) < 4.78 is 5.65. The fourth-order valence-electron chi connectivity index (χ4n) is 2.04. The average Bonchev–Trinajstić information content (AvgIpc) is 3.17. The number of thioether (sulfide) groups is 1. The van der Waals surface area contributed by atoms with Gasteiger partial charge >= 0.3 is 0 Å². The number of carbonyl (C=O) groups is 1. The Bertz CT molecular complexity index is 852. The summed E-state index contributed by atoms with van der Waals surface area (Å²) >= 11 is 2.78. The Labute approximate surface area is 142 Å². The Morgan fingerprint density at radius 2 is 1.96 bits per heavy atom. The second-order valence-corrected chi connectivity index (χ2v) is 7.51.